The van der Waals surface area contributed by atoms with E-state index in [1.54, 1.807) is 0 Å². The van der Waals surface area contributed by atoms with E-state index < -0.39 is 0 Å². The molecule has 2 nitrogen and oxygen atoms in total. The summed E-state index contributed by atoms with van der Waals surface area (Å²) in [6.07, 6.45) is 0. The molecule has 15 heavy (non-hydrogen) atoms. The van der Waals surface area contributed by atoms with Gasteiger partial charge in [0.05, 0.1) is 13.0 Å². The van der Waals surface area contributed by atoms with Crippen molar-refractivity contribution in [2.24, 2.45) is 5.92 Å². The van der Waals surface area contributed by atoms with Gasteiger partial charge >= 0.3 is 5.97 Å². The predicted octanol–water partition coefficient (Wildman–Crippen LogP) is 3.36. The molecule has 0 heterocycles. The van der Waals surface area contributed by atoms with Crippen LogP contribution in [-0.2, 0) is 9.53 Å². The van der Waals surface area contributed by atoms with Crippen LogP contribution in [0.5, 0.6) is 0 Å². The summed E-state index contributed by atoms with van der Waals surface area (Å²) >= 11 is 3.38. The minimum absolute atomic E-state index is 0.115. The van der Waals surface area contributed by atoms with Gasteiger partial charge in [0.25, 0.3) is 0 Å². The summed E-state index contributed by atoms with van der Waals surface area (Å²) in [5, 5.41) is 0. The Balaban J connectivity index is 2.80. The Morgan fingerprint density at radius 2 is 1.80 bits per heavy atom. The summed E-state index contributed by atoms with van der Waals surface area (Å²) in [4.78, 5) is 11.4. The molecule has 0 spiro atoms. The normalized spacial score (nSPS) is 14.4. The van der Waals surface area contributed by atoms with Crippen LogP contribution in [0.3, 0.4) is 0 Å². The molecule has 0 bridgehead atoms. The lowest BCUT2D eigenvalue weighted by Crippen LogP contribution is -2.18. The third-order valence-corrected chi connectivity index (χ3v) is 3.25. The first-order chi connectivity index (χ1) is 7.06. The van der Waals surface area contributed by atoms with Crippen LogP contribution in [0.2, 0.25) is 0 Å². The van der Waals surface area contributed by atoms with Gasteiger partial charge in [-0.1, -0.05) is 41.9 Å². The van der Waals surface area contributed by atoms with Crippen LogP contribution in [0, 0.1) is 5.92 Å². The van der Waals surface area contributed by atoms with Crippen molar-refractivity contribution in [3.05, 3.63) is 34.3 Å². The van der Waals surface area contributed by atoms with Crippen LogP contribution in [0.15, 0.2) is 28.7 Å². The summed E-state index contributed by atoms with van der Waals surface area (Å²) in [6.45, 7) is 3.92. The molecule has 0 fully saturated rings. The zero-order chi connectivity index (χ0) is 11.4. The van der Waals surface area contributed by atoms with E-state index in [0.29, 0.717) is 0 Å². The minimum Gasteiger partial charge on any atom is -0.469 e. The lowest BCUT2D eigenvalue weighted by molar-refractivity contribution is -0.145. The molecule has 2 unspecified atom stereocenters. The lowest BCUT2D eigenvalue weighted by Gasteiger charge is -2.17. The number of carbonyl (C=O) groups excluding carboxylic acids is 1. The van der Waals surface area contributed by atoms with Gasteiger partial charge in [-0.25, -0.2) is 0 Å². The maximum absolute atomic E-state index is 11.4. The molecule has 0 aliphatic carbocycles. The molecule has 1 rings (SSSR count). The van der Waals surface area contributed by atoms with Gasteiger partial charge in [-0.2, -0.15) is 0 Å². The fraction of sp³-hybridized carbons (Fsp3) is 0.417. The van der Waals surface area contributed by atoms with Crippen LogP contribution >= 0.6 is 15.9 Å². The van der Waals surface area contributed by atoms with Crippen molar-refractivity contribution >= 4 is 21.9 Å². The Kier molecular flexibility index (Phi) is 4.33. The summed E-state index contributed by atoms with van der Waals surface area (Å²) in [5.74, 6) is -0.104. The highest BCUT2D eigenvalue weighted by molar-refractivity contribution is 9.10. The van der Waals surface area contributed by atoms with Crippen molar-refractivity contribution in [3.8, 4) is 0 Å². The van der Waals surface area contributed by atoms with E-state index in [1.807, 2.05) is 38.1 Å². The van der Waals surface area contributed by atoms with E-state index >= 15 is 0 Å². The first-order valence-corrected chi connectivity index (χ1v) is 5.69. The highest BCUT2D eigenvalue weighted by atomic mass is 79.9. The van der Waals surface area contributed by atoms with Crippen LogP contribution in [0.4, 0.5) is 0 Å². The Morgan fingerprint density at radius 3 is 2.27 bits per heavy atom. The first-order valence-electron chi connectivity index (χ1n) is 4.89. The Hall–Kier alpha value is -0.830. The molecule has 0 amide bonds. The molecule has 82 valence electrons. The molecule has 3 heteroatoms. The monoisotopic (exact) mass is 270 g/mol. The molecule has 1 aromatic carbocycles. The van der Waals surface area contributed by atoms with E-state index in [-0.39, 0.29) is 17.8 Å². The lowest BCUT2D eigenvalue weighted by atomic mass is 9.89. The van der Waals surface area contributed by atoms with Crippen LogP contribution in [0.25, 0.3) is 0 Å². The van der Waals surface area contributed by atoms with Crippen molar-refractivity contribution in [1.29, 1.82) is 0 Å². The van der Waals surface area contributed by atoms with Gasteiger partial charge in [-0.3, -0.25) is 4.79 Å². The van der Waals surface area contributed by atoms with Gasteiger partial charge in [-0.15, -0.1) is 0 Å². The van der Waals surface area contributed by atoms with Gasteiger partial charge in [0.1, 0.15) is 0 Å². The number of hydrogen-bond donors (Lipinski definition) is 0. The van der Waals surface area contributed by atoms with Gasteiger partial charge in [0, 0.05) is 4.47 Å². The highest BCUT2D eigenvalue weighted by Crippen LogP contribution is 2.26. The number of ether oxygens (including phenoxy) is 1. The molecule has 0 N–H and O–H groups in total. The first kappa shape index (κ1) is 12.2. The molecule has 1 aromatic rings. The van der Waals surface area contributed by atoms with Crippen LogP contribution < -0.4 is 0 Å². The third kappa shape index (κ3) is 3.06. The van der Waals surface area contributed by atoms with Gasteiger partial charge in [-0.05, 0) is 23.6 Å². The largest absolute Gasteiger partial charge is 0.469 e. The fourth-order valence-corrected chi connectivity index (χ4v) is 1.71. The number of hydrogen-bond acceptors (Lipinski definition) is 2. The maximum Gasteiger partial charge on any atom is 0.308 e. The SMILES string of the molecule is COC(=O)C(C)C(C)c1ccc(Br)cc1. The molecule has 2 atom stereocenters. The van der Waals surface area contributed by atoms with E-state index in [9.17, 15) is 4.79 Å². The molecule has 0 aliphatic heterocycles. The van der Waals surface area contributed by atoms with Crippen molar-refractivity contribution in [2.75, 3.05) is 7.11 Å². The second kappa shape index (κ2) is 5.31. The summed E-state index contributed by atoms with van der Waals surface area (Å²) < 4.78 is 5.78. The van der Waals surface area contributed by atoms with Crippen LogP contribution in [-0.4, -0.2) is 13.1 Å². The van der Waals surface area contributed by atoms with Crippen molar-refractivity contribution < 1.29 is 9.53 Å². The Labute approximate surface area is 98.8 Å². The third-order valence-electron chi connectivity index (χ3n) is 2.72. The average molecular weight is 271 g/mol. The van der Waals surface area contributed by atoms with Gasteiger partial charge in [0.2, 0.25) is 0 Å². The molecule has 0 aliphatic rings. The minimum atomic E-state index is -0.162. The topological polar surface area (TPSA) is 26.3 Å². The Morgan fingerprint density at radius 1 is 1.27 bits per heavy atom. The van der Waals surface area contributed by atoms with Gasteiger partial charge in [0.15, 0.2) is 0 Å². The van der Waals surface area contributed by atoms with E-state index in [0.717, 1.165) is 10.0 Å². The molecule has 0 aromatic heterocycles. The second-order valence-electron chi connectivity index (χ2n) is 3.65. The smallest absolute Gasteiger partial charge is 0.308 e. The zero-order valence-electron chi connectivity index (χ0n) is 9.16. The van der Waals surface area contributed by atoms with Crippen molar-refractivity contribution in [3.63, 3.8) is 0 Å². The Bertz CT molecular complexity index is 332. The van der Waals surface area contributed by atoms with E-state index in [1.165, 1.54) is 7.11 Å². The van der Waals surface area contributed by atoms with Crippen molar-refractivity contribution in [2.45, 2.75) is 19.8 Å². The number of benzene rings is 1. The molecule has 0 saturated carbocycles. The number of halogens is 1. The molecule has 0 saturated heterocycles. The van der Waals surface area contributed by atoms with E-state index in [4.69, 9.17) is 4.74 Å². The zero-order valence-corrected chi connectivity index (χ0v) is 10.7. The van der Waals surface area contributed by atoms with Crippen LogP contribution in [0.1, 0.15) is 25.3 Å². The van der Waals surface area contributed by atoms with E-state index in [2.05, 4.69) is 15.9 Å². The number of carbonyl (C=O) groups is 1. The average Bonchev–Trinajstić information content (AvgIpc) is 2.27. The number of esters is 1. The maximum atomic E-state index is 11.4. The second-order valence-corrected chi connectivity index (χ2v) is 4.57. The molecular formula is C12H15BrO2. The predicted molar refractivity (Wildman–Crippen MR) is 63.7 cm³/mol. The van der Waals surface area contributed by atoms with Crippen molar-refractivity contribution in [1.82, 2.24) is 0 Å². The van der Waals surface area contributed by atoms with Gasteiger partial charge < -0.3 is 4.74 Å². The quantitative estimate of drug-likeness (QED) is 0.788. The summed E-state index contributed by atoms with van der Waals surface area (Å²) in [7, 11) is 1.42. The highest BCUT2D eigenvalue weighted by Gasteiger charge is 2.21. The number of methoxy groups -OCH3 is 1. The summed E-state index contributed by atoms with van der Waals surface area (Å²) in [5.41, 5.74) is 1.15. The molecule has 0 radical (unpaired) electrons. The molecular weight excluding hydrogens is 256 g/mol. The summed E-state index contributed by atoms with van der Waals surface area (Å²) in [6, 6.07) is 8.01. The standard InChI is InChI=1S/C12H15BrO2/c1-8(9(2)12(14)15-3)10-4-6-11(13)7-5-10/h4-9H,1-3H3. The fourth-order valence-electron chi connectivity index (χ4n) is 1.45. The number of rotatable bonds is 3.